The second kappa shape index (κ2) is 9.92. The SMILES string of the molecule is O=C(CSc1nnc(COc2ccccc2Cl)n1C1CC1)Nc1ccc(OC(F)(F)F)cc1. The fourth-order valence-electron chi connectivity index (χ4n) is 2.97. The molecular formula is C21H18ClF3N4O3S. The minimum Gasteiger partial charge on any atom is -0.484 e. The van der Waals surface area contributed by atoms with Crippen LogP contribution in [0, 0.1) is 0 Å². The van der Waals surface area contributed by atoms with Gasteiger partial charge in [0.1, 0.15) is 18.1 Å². The maximum absolute atomic E-state index is 12.3. The van der Waals surface area contributed by atoms with E-state index >= 15 is 0 Å². The smallest absolute Gasteiger partial charge is 0.484 e. The van der Waals surface area contributed by atoms with E-state index in [0.29, 0.717) is 27.4 Å². The summed E-state index contributed by atoms with van der Waals surface area (Å²) in [4.78, 5) is 12.3. The van der Waals surface area contributed by atoms with E-state index in [-0.39, 0.29) is 30.1 Å². The van der Waals surface area contributed by atoms with Gasteiger partial charge < -0.3 is 14.8 Å². The number of para-hydroxylation sites is 1. The second-order valence-electron chi connectivity index (χ2n) is 7.13. The molecule has 174 valence electrons. The quantitative estimate of drug-likeness (QED) is 0.394. The lowest BCUT2D eigenvalue weighted by Gasteiger charge is -2.11. The first-order chi connectivity index (χ1) is 15.8. The zero-order valence-corrected chi connectivity index (χ0v) is 18.6. The normalized spacial score (nSPS) is 13.6. The number of amides is 1. The number of alkyl halides is 3. The zero-order chi connectivity index (χ0) is 23.4. The molecule has 1 aliphatic carbocycles. The number of thioether (sulfide) groups is 1. The Bertz CT molecular complexity index is 1120. The maximum atomic E-state index is 12.3. The van der Waals surface area contributed by atoms with Crippen LogP contribution in [0.5, 0.6) is 11.5 Å². The van der Waals surface area contributed by atoms with Gasteiger partial charge >= 0.3 is 6.36 Å². The number of ether oxygens (including phenoxy) is 2. The van der Waals surface area contributed by atoms with E-state index < -0.39 is 6.36 Å². The fraction of sp³-hybridized carbons (Fsp3) is 0.286. The van der Waals surface area contributed by atoms with Crippen molar-refractivity contribution in [2.75, 3.05) is 11.1 Å². The highest BCUT2D eigenvalue weighted by atomic mass is 35.5. The standard InChI is InChI=1S/C21H18ClF3N4O3S/c22-16-3-1-2-4-17(16)31-11-18-27-28-20(29(18)14-7-8-14)33-12-19(30)26-13-5-9-15(10-6-13)32-21(23,24)25/h1-6,9-10,14H,7-8,11-12H2,(H,26,30). The highest BCUT2D eigenvalue weighted by Gasteiger charge is 2.31. The molecule has 0 saturated heterocycles. The third-order valence-corrected chi connectivity index (χ3v) is 5.80. The predicted molar refractivity (Wildman–Crippen MR) is 117 cm³/mol. The van der Waals surface area contributed by atoms with E-state index in [2.05, 4.69) is 20.3 Å². The van der Waals surface area contributed by atoms with Crippen LogP contribution in [0.2, 0.25) is 5.02 Å². The summed E-state index contributed by atoms with van der Waals surface area (Å²) >= 11 is 7.35. The highest BCUT2D eigenvalue weighted by Crippen LogP contribution is 2.39. The van der Waals surface area contributed by atoms with Crippen LogP contribution in [-0.4, -0.2) is 32.8 Å². The number of hydrogen-bond donors (Lipinski definition) is 1. The van der Waals surface area contributed by atoms with Crippen LogP contribution in [0.15, 0.2) is 53.7 Å². The fourth-order valence-corrected chi connectivity index (χ4v) is 3.99. The Kier molecular flexibility index (Phi) is 6.99. The van der Waals surface area contributed by atoms with Gasteiger partial charge in [0, 0.05) is 11.7 Å². The van der Waals surface area contributed by atoms with Gasteiger partial charge in [-0.05, 0) is 49.2 Å². The van der Waals surface area contributed by atoms with E-state index in [9.17, 15) is 18.0 Å². The number of anilines is 1. The summed E-state index contributed by atoms with van der Waals surface area (Å²) in [7, 11) is 0. The van der Waals surface area contributed by atoms with E-state index in [1.54, 1.807) is 12.1 Å². The average Bonchev–Trinajstić information content (AvgIpc) is 3.52. The minimum atomic E-state index is -4.77. The molecule has 0 radical (unpaired) electrons. The van der Waals surface area contributed by atoms with Gasteiger partial charge in [0.25, 0.3) is 0 Å². The first kappa shape index (κ1) is 23.2. The Hall–Kier alpha value is -2.92. The summed E-state index contributed by atoms with van der Waals surface area (Å²) in [6, 6.07) is 12.3. The van der Waals surface area contributed by atoms with Gasteiger partial charge in [0.15, 0.2) is 11.0 Å². The topological polar surface area (TPSA) is 78.3 Å². The van der Waals surface area contributed by atoms with Crippen molar-refractivity contribution >= 4 is 35.0 Å². The summed E-state index contributed by atoms with van der Waals surface area (Å²) in [6.45, 7) is 0.187. The molecule has 0 spiro atoms. The van der Waals surface area contributed by atoms with E-state index in [1.165, 1.54) is 23.9 Å². The van der Waals surface area contributed by atoms with Crippen LogP contribution < -0.4 is 14.8 Å². The molecule has 3 aromatic rings. The van der Waals surface area contributed by atoms with E-state index in [4.69, 9.17) is 16.3 Å². The van der Waals surface area contributed by atoms with Crippen LogP contribution >= 0.6 is 23.4 Å². The van der Waals surface area contributed by atoms with Gasteiger partial charge in [0.05, 0.1) is 10.8 Å². The van der Waals surface area contributed by atoms with Crippen LogP contribution in [-0.2, 0) is 11.4 Å². The molecule has 7 nitrogen and oxygen atoms in total. The number of carbonyl (C=O) groups excluding carboxylic acids is 1. The van der Waals surface area contributed by atoms with Crippen molar-refractivity contribution in [3.63, 3.8) is 0 Å². The van der Waals surface area contributed by atoms with Crippen molar-refractivity contribution in [2.45, 2.75) is 37.0 Å². The first-order valence-corrected chi connectivity index (χ1v) is 11.2. The summed E-state index contributed by atoms with van der Waals surface area (Å²) < 4.78 is 48.3. The number of nitrogens with zero attached hydrogens (tertiary/aromatic N) is 3. The van der Waals surface area contributed by atoms with Crippen LogP contribution in [0.1, 0.15) is 24.7 Å². The Balaban J connectivity index is 1.33. The summed E-state index contributed by atoms with van der Waals surface area (Å²) in [5.41, 5.74) is 0.354. The molecular weight excluding hydrogens is 481 g/mol. The molecule has 12 heteroatoms. The summed E-state index contributed by atoms with van der Waals surface area (Å²) in [6.07, 6.45) is -2.79. The monoisotopic (exact) mass is 498 g/mol. The molecule has 0 bridgehead atoms. The van der Waals surface area contributed by atoms with Gasteiger partial charge in [-0.15, -0.1) is 23.4 Å². The lowest BCUT2D eigenvalue weighted by Crippen LogP contribution is -2.17. The molecule has 0 aliphatic heterocycles. The van der Waals surface area contributed by atoms with Crippen molar-refractivity contribution < 1.29 is 27.4 Å². The minimum absolute atomic E-state index is 0.0526. The molecule has 1 aromatic heterocycles. The lowest BCUT2D eigenvalue weighted by molar-refractivity contribution is -0.274. The Labute approximate surface area is 196 Å². The predicted octanol–water partition coefficient (Wildman–Crippen LogP) is 5.47. The maximum Gasteiger partial charge on any atom is 0.573 e. The van der Waals surface area contributed by atoms with Crippen molar-refractivity contribution in [3.8, 4) is 11.5 Å². The summed E-state index contributed by atoms with van der Waals surface area (Å²) in [5, 5.41) is 12.1. The van der Waals surface area contributed by atoms with Gasteiger partial charge in [-0.2, -0.15) is 0 Å². The molecule has 1 N–H and O–H groups in total. The Morgan fingerprint density at radius 2 is 1.88 bits per heavy atom. The Morgan fingerprint density at radius 3 is 2.55 bits per heavy atom. The van der Waals surface area contributed by atoms with Gasteiger partial charge in [-0.1, -0.05) is 35.5 Å². The molecule has 1 heterocycles. The van der Waals surface area contributed by atoms with Crippen molar-refractivity contribution in [1.29, 1.82) is 0 Å². The molecule has 0 unspecified atom stereocenters. The number of halogens is 4. The molecule has 4 rings (SSSR count). The van der Waals surface area contributed by atoms with Gasteiger partial charge in [-0.25, -0.2) is 0 Å². The Morgan fingerprint density at radius 1 is 1.15 bits per heavy atom. The van der Waals surface area contributed by atoms with Gasteiger partial charge in [0.2, 0.25) is 5.91 Å². The molecule has 1 aliphatic rings. The van der Waals surface area contributed by atoms with Crippen molar-refractivity contribution in [2.24, 2.45) is 0 Å². The first-order valence-electron chi connectivity index (χ1n) is 9.88. The lowest BCUT2D eigenvalue weighted by atomic mass is 10.3. The number of aromatic nitrogens is 3. The van der Waals surface area contributed by atoms with Crippen molar-refractivity contribution in [1.82, 2.24) is 14.8 Å². The van der Waals surface area contributed by atoms with E-state index in [0.717, 1.165) is 25.0 Å². The van der Waals surface area contributed by atoms with E-state index in [1.807, 2.05) is 16.7 Å². The molecule has 1 saturated carbocycles. The molecule has 0 atom stereocenters. The van der Waals surface area contributed by atoms with Crippen molar-refractivity contribution in [3.05, 3.63) is 59.4 Å². The third-order valence-electron chi connectivity index (χ3n) is 4.54. The number of rotatable bonds is 9. The zero-order valence-electron chi connectivity index (χ0n) is 17.0. The largest absolute Gasteiger partial charge is 0.573 e. The highest BCUT2D eigenvalue weighted by molar-refractivity contribution is 7.99. The molecule has 1 amide bonds. The molecule has 33 heavy (non-hydrogen) atoms. The molecule has 2 aromatic carbocycles. The number of hydrogen-bond acceptors (Lipinski definition) is 6. The second-order valence-corrected chi connectivity index (χ2v) is 8.48. The van der Waals surface area contributed by atoms with Crippen LogP contribution in [0.25, 0.3) is 0 Å². The third kappa shape index (κ3) is 6.55. The molecule has 1 fully saturated rings. The number of carbonyl (C=O) groups is 1. The summed E-state index contributed by atoms with van der Waals surface area (Å²) in [5.74, 6) is 0.546. The number of nitrogens with one attached hydrogen (secondary N) is 1. The van der Waals surface area contributed by atoms with Gasteiger partial charge in [-0.3, -0.25) is 9.36 Å². The average molecular weight is 499 g/mol. The van der Waals surface area contributed by atoms with Crippen LogP contribution in [0.4, 0.5) is 18.9 Å². The number of benzene rings is 2. The van der Waals surface area contributed by atoms with Crippen LogP contribution in [0.3, 0.4) is 0 Å².